The van der Waals surface area contributed by atoms with Gasteiger partial charge in [-0.2, -0.15) is 9.97 Å². The Morgan fingerprint density at radius 3 is 2.00 bits per heavy atom. The summed E-state index contributed by atoms with van der Waals surface area (Å²) in [6.45, 7) is 0. The van der Waals surface area contributed by atoms with Crippen LogP contribution in [-0.4, -0.2) is 64.0 Å². The van der Waals surface area contributed by atoms with Gasteiger partial charge in [0.05, 0.1) is 6.16 Å². The molecule has 4 rings (SSSR count). The number of anilines is 2. The third kappa shape index (κ3) is 4.50. The minimum atomic E-state index is -4.17. The lowest BCUT2D eigenvalue weighted by Gasteiger charge is -2.20. The van der Waals surface area contributed by atoms with Gasteiger partial charge in [-0.25, -0.2) is 14.5 Å². The zero-order valence-electron chi connectivity index (χ0n) is 16.9. The van der Waals surface area contributed by atoms with Crippen molar-refractivity contribution in [2.75, 3.05) is 24.7 Å². The number of rotatable bonds is 9. The van der Waals surface area contributed by atoms with E-state index in [0.29, 0.717) is 0 Å². The number of nitrogens with zero attached hydrogens (tertiary/aromatic N) is 6. The Balaban J connectivity index is 1.71. The van der Waals surface area contributed by atoms with Gasteiger partial charge in [-0.15, -0.1) is 9.46 Å². The quantitative estimate of drug-likeness (QED) is 0.129. The molecule has 4 aromatic rings. The lowest BCUT2D eigenvalue weighted by Crippen LogP contribution is -2.22. The molecule has 1 unspecified atom stereocenters. The maximum Gasteiger partial charge on any atom is 0.467 e. The molecule has 0 saturated heterocycles. The van der Waals surface area contributed by atoms with Gasteiger partial charge >= 0.3 is 7.60 Å². The summed E-state index contributed by atoms with van der Waals surface area (Å²) in [5.74, 6) is -0.436. The molecule has 1 radical (unpaired) electrons. The summed E-state index contributed by atoms with van der Waals surface area (Å²) in [5, 5.41) is 9.57. The van der Waals surface area contributed by atoms with Gasteiger partial charge in [-0.3, -0.25) is 19.6 Å². The summed E-state index contributed by atoms with van der Waals surface area (Å²) < 4.78 is 31.2. The number of aliphatic hydroxyl groups excluding tert-OH is 1. The average Bonchev–Trinajstić information content (AvgIpc) is 3.32. The molecule has 0 amide bonds. The molecule has 7 N–H and O–H groups in total. The second kappa shape index (κ2) is 8.53. The second-order valence-electron chi connectivity index (χ2n) is 6.54. The maximum atomic E-state index is 13.7. The van der Waals surface area contributed by atoms with Crippen LogP contribution in [0.2, 0.25) is 0 Å². The second-order valence-corrected chi connectivity index (χ2v) is 8.53. The van der Waals surface area contributed by atoms with Crippen LogP contribution in [0.1, 0.15) is 6.42 Å². The molecule has 0 bridgehead atoms. The van der Waals surface area contributed by atoms with Gasteiger partial charge in [-0.1, -0.05) is 0 Å². The number of nitrogens with one attached hydrogen (secondary N) is 2. The number of H-pyrrole nitrogens is 2. The van der Waals surface area contributed by atoms with Crippen LogP contribution >= 0.6 is 7.60 Å². The SMILES string of the molecule is COC(O)[CH]CCP(=O)(On1cnc2c(=O)[nH]c(N)nc21)On1cnc2c(=O)[nH]c(N)nc21. The molecule has 0 aliphatic rings. The minimum absolute atomic E-state index is 0.0118. The summed E-state index contributed by atoms with van der Waals surface area (Å²) in [6, 6.07) is 0. The summed E-state index contributed by atoms with van der Waals surface area (Å²) in [7, 11) is -2.89. The molecule has 4 heterocycles. The van der Waals surface area contributed by atoms with Gasteiger partial charge in [0.2, 0.25) is 23.2 Å². The van der Waals surface area contributed by atoms with E-state index in [1.807, 2.05) is 0 Å². The van der Waals surface area contributed by atoms with Crippen molar-refractivity contribution in [3.8, 4) is 0 Å². The van der Waals surface area contributed by atoms with Crippen molar-refractivity contribution in [1.82, 2.24) is 39.4 Å². The van der Waals surface area contributed by atoms with Gasteiger partial charge in [0.25, 0.3) is 11.1 Å². The molecule has 175 valence electrons. The van der Waals surface area contributed by atoms with E-state index in [4.69, 9.17) is 25.5 Å². The van der Waals surface area contributed by atoms with Crippen molar-refractivity contribution >= 4 is 41.8 Å². The molecule has 4 aromatic heterocycles. The predicted molar refractivity (Wildman–Crippen MR) is 113 cm³/mol. The largest absolute Gasteiger partial charge is 0.467 e. The smallest absolute Gasteiger partial charge is 0.369 e. The predicted octanol–water partition coefficient (Wildman–Crippen LogP) is -1.97. The van der Waals surface area contributed by atoms with Crippen LogP contribution in [0.4, 0.5) is 11.9 Å². The molecule has 18 heteroatoms. The number of hydrogen-bond acceptors (Lipinski definition) is 13. The highest BCUT2D eigenvalue weighted by Crippen LogP contribution is 2.43. The Hall–Kier alpha value is -3.95. The fraction of sp³-hybridized carbons (Fsp3) is 0.267. The topological polar surface area (TPSA) is 244 Å². The molecule has 33 heavy (non-hydrogen) atoms. The average molecular weight is 481 g/mol. The summed E-state index contributed by atoms with van der Waals surface area (Å²) in [4.78, 5) is 44.2. The van der Waals surface area contributed by atoms with Crippen molar-refractivity contribution in [3.63, 3.8) is 0 Å². The zero-order valence-corrected chi connectivity index (χ0v) is 17.8. The van der Waals surface area contributed by atoms with E-state index in [1.54, 1.807) is 0 Å². The van der Waals surface area contributed by atoms with Gasteiger partial charge in [-0.05, 0) is 6.42 Å². The molecule has 0 fully saturated rings. The molecule has 0 aliphatic heterocycles. The Kier molecular flexibility index (Phi) is 5.75. The first kappa shape index (κ1) is 22.3. The van der Waals surface area contributed by atoms with Crippen LogP contribution in [0.5, 0.6) is 0 Å². The Morgan fingerprint density at radius 1 is 1.06 bits per heavy atom. The van der Waals surface area contributed by atoms with Crippen molar-refractivity contribution in [1.29, 1.82) is 0 Å². The van der Waals surface area contributed by atoms with Crippen LogP contribution in [-0.2, 0) is 9.30 Å². The zero-order chi connectivity index (χ0) is 23.8. The molecule has 0 aliphatic carbocycles. The fourth-order valence-corrected chi connectivity index (χ4v) is 4.20. The highest BCUT2D eigenvalue weighted by atomic mass is 31.2. The third-order valence-corrected chi connectivity index (χ3v) is 5.88. The summed E-state index contributed by atoms with van der Waals surface area (Å²) in [6.07, 6.45) is 1.94. The number of nitrogen functional groups attached to an aromatic ring is 2. The number of aromatic amines is 2. The van der Waals surface area contributed by atoms with E-state index in [0.717, 1.165) is 22.1 Å². The number of nitrogens with two attached hydrogens (primary N) is 2. The molecule has 0 spiro atoms. The van der Waals surface area contributed by atoms with Crippen LogP contribution < -0.4 is 31.8 Å². The van der Waals surface area contributed by atoms with Crippen molar-refractivity contribution < 1.29 is 23.7 Å². The number of aliphatic hydroxyl groups is 1. The maximum absolute atomic E-state index is 13.7. The van der Waals surface area contributed by atoms with E-state index < -0.39 is 25.0 Å². The van der Waals surface area contributed by atoms with Crippen LogP contribution in [0.3, 0.4) is 0 Å². The molecule has 0 aromatic carbocycles. The number of imidazole rings is 2. The van der Waals surface area contributed by atoms with Gasteiger partial charge in [0, 0.05) is 13.5 Å². The Morgan fingerprint density at radius 2 is 1.55 bits per heavy atom. The fourth-order valence-electron chi connectivity index (χ4n) is 2.77. The van der Waals surface area contributed by atoms with E-state index in [-0.39, 0.29) is 46.8 Å². The number of hydrogen-bond donors (Lipinski definition) is 5. The first-order valence-electron chi connectivity index (χ1n) is 9.18. The van der Waals surface area contributed by atoms with Crippen LogP contribution in [0.15, 0.2) is 22.2 Å². The first-order valence-corrected chi connectivity index (χ1v) is 10.9. The van der Waals surface area contributed by atoms with E-state index in [9.17, 15) is 19.3 Å². The standard InChI is InChI=1S/C15H18N10O7P/c1-30-7(26)3-2-4-33(29,31-24-5-18-8-10(24)20-14(16)22-12(8)27)32-25-6-19-9-11(25)21-15(17)23-13(9)28/h3,5-7,26H,2,4H2,1H3,(H3,16,20,22,27)(H3,17,21,23,28). The van der Waals surface area contributed by atoms with Gasteiger partial charge in [0.1, 0.15) is 12.7 Å². The monoisotopic (exact) mass is 481 g/mol. The lowest BCUT2D eigenvalue weighted by molar-refractivity contribution is -0.0495. The van der Waals surface area contributed by atoms with Crippen molar-refractivity contribution in [2.24, 2.45) is 0 Å². The Bertz CT molecular complexity index is 1370. The molecule has 0 saturated carbocycles. The first-order chi connectivity index (χ1) is 15.7. The lowest BCUT2D eigenvalue weighted by atomic mass is 10.3. The highest BCUT2D eigenvalue weighted by molar-refractivity contribution is 7.54. The van der Waals surface area contributed by atoms with Crippen LogP contribution in [0.25, 0.3) is 22.3 Å². The summed E-state index contributed by atoms with van der Waals surface area (Å²) in [5.41, 5.74) is 9.41. The Labute approximate surface area is 182 Å². The van der Waals surface area contributed by atoms with E-state index >= 15 is 0 Å². The highest BCUT2D eigenvalue weighted by Gasteiger charge is 2.32. The third-order valence-electron chi connectivity index (χ3n) is 4.23. The molecular weight excluding hydrogens is 463 g/mol. The molecular formula is C15H18N10O7P. The van der Waals surface area contributed by atoms with E-state index in [1.165, 1.54) is 13.5 Å². The number of ether oxygens (including phenoxy) is 1. The van der Waals surface area contributed by atoms with E-state index in [2.05, 4.69) is 29.9 Å². The van der Waals surface area contributed by atoms with Gasteiger partial charge < -0.3 is 30.6 Å². The molecule has 17 nitrogen and oxygen atoms in total. The normalized spacial score (nSPS) is 12.9. The van der Waals surface area contributed by atoms with Crippen molar-refractivity contribution in [2.45, 2.75) is 12.7 Å². The van der Waals surface area contributed by atoms with Gasteiger partial charge in [0.15, 0.2) is 17.3 Å². The minimum Gasteiger partial charge on any atom is -0.369 e. The van der Waals surface area contributed by atoms with Crippen LogP contribution in [0, 0.1) is 6.42 Å². The number of methoxy groups -OCH3 is 1. The number of aromatic nitrogens is 8. The summed E-state index contributed by atoms with van der Waals surface area (Å²) >= 11 is 0. The van der Waals surface area contributed by atoms with Crippen molar-refractivity contribution in [3.05, 3.63) is 39.8 Å². The molecule has 1 atom stereocenters. The number of fused-ring (bicyclic) bond motifs is 2.